The molecule has 1 aromatic rings. The Bertz CT molecular complexity index is 383. The minimum atomic E-state index is -0.233. The number of aromatic nitrogens is 1. The van der Waals surface area contributed by atoms with Crippen LogP contribution in [0.15, 0.2) is 10.6 Å². The van der Waals surface area contributed by atoms with E-state index in [1.807, 2.05) is 0 Å². The number of ketones is 1. The summed E-state index contributed by atoms with van der Waals surface area (Å²) in [7, 11) is 0. The number of hydrogen-bond acceptors (Lipinski definition) is 4. The summed E-state index contributed by atoms with van der Waals surface area (Å²) >= 11 is 0. The minimum absolute atomic E-state index is 0.0190. The van der Waals surface area contributed by atoms with Gasteiger partial charge in [0.1, 0.15) is 11.5 Å². The molecule has 0 N–H and O–H groups in total. The molecule has 2 rings (SSSR count). The van der Waals surface area contributed by atoms with Gasteiger partial charge in [-0.2, -0.15) is 0 Å². The average Bonchev–Trinajstić information content (AvgIpc) is 2.51. The molecule has 14 heavy (non-hydrogen) atoms. The Morgan fingerprint density at radius 3 is 2.86 bits per heavy atom. The van der Waals surface area contributed by atoms with E-state index in [0.29, 0.717) is 24.7 Å². The first-order valence-corrected chi connectivity index (χ1v) is 4.41. The molecule has 1 saturated heterocycles. The van der Waals surface area contributed by atoms with Crippen LogP contribution in [0.25, 0.3) is 0 Å². The molecule has 1 aromatic heterocycles. The van der Waals surface area contributed by atoms with Gasteiger partial charge >= 0.3 is 6.01 Å². The van der Waals surface area contributed by atoms with Crippen molar-refractivity contribution in [2.75, 3.05) is 11.4 Å². The van der Waals surface area contributed by atoms with E-state index in [-0.39, 0.29) is 18.1 Å². The van der Waals surface area contributed by atoms with Gasteiger partial charge in [-0.25, -0.2) is 4.98 Å². The minimum Gasteiger partial charge on any atom is -0.429 e. The number of amides is 1. The Morgan fingerprint density at radius 2 is 2.29 bits per heavy atom. The van der Waals surface area contributed by atoms with Crippen LogP contribution < -0.4 is 4.90 Å². The second kappa shape index (κ2) is 3.25. The number of nitrogens with zero attached hydrogens (tertiary/aromatic N) is 2. The predicted octanol–water partition coefficient (Wildman–Crippen LogP) is 0.679. The van der Waals surface area contributed by atoms with Crippen molar-refractivity contribution in [3.8, 4) is 0 Å². The average molecular weight is 194 g/mol. The molecule has 2 heterocycles. The van der Waals surface area contributed by atoms with E-state index in [0.717, 1.165) is 0 Å². The van der Waals surface area contributed by atoms with Crippen LogP contribution in [0.1, 0.15) is 18.6 Å². The Kier molecular flexibility index (Phi) is 2.07. The highest BCUT2D eigenvalue weighted by atomic mass is 16.4. The predicted molar refractivity (Wildman–Crippen MR) is 47.8 cm³/mol. The standard InChI is InChI=1S/C9H10N2O3/c1-6-5-10-9(14-6)11-3-2-7(12)4-8(11)13/h5H,2-4H2,1H3. The fourth-order valence-corrected chi connectivity index (χ4v) is 1.38. The number of hydrogen-bond donors (Lipinski definition) is 0. The molecule has 1 amide bonds. The Labute approximate surface area is 80.7 Å². The summed E-state index contributed by atoms with van der Waals surface area (Å²) in [5.74, 6) is 0.405. The van der Waals surface area contributed by atoms with Crippen molar-refractivity contribution in [2.45, 2.75) is 19.8 Å². The van der Waals surface area contributed by atoms with Crippen LogP contribution in [0.3, 0.4) is 0 Å². The van der Waals surface area contributed by atoms with Gasteiger partial charge in [-0.3, -0.25) is 14.5 Å². The van der Waals surface area contributed by atoms with E-state index in [1.54, 1.807) is 13.1 Å². The number of oxazole rings is 1. The molecule has 5 heteroatoms. The number of piperidine rings is 1. The van der Waals surface area contributed by atoms with Crippen molar-refractivity contribution in [3.63, 3.8) is 0 Å². The Hall–Kier alpha value is -1.65. The lowest BCUT2D eigenvalue weighted by Gasteiger charge is -2.21. The van der Waals surface area contributed by atoms with Gasteiger partial charge < -0.3 is 4.42 Å². The molecule has 0 unspecified atom stereocenters. The van der Waals surface area contributed by atoms with Crippen molar-refractivity contribution < 1.29 is 14.0 Å². The molecule has 0 bridgehead atoms. The van der Waals surface area contributed by atoms with Crippen molar-refractivity contribution in [1.82, 2.24) is 4.98 Å². The van der Waals surface area contributed by atoms with Gasteiger partial charge in [0, 0.05) is 13.0 Å². The molecular formula is C9H10N2O3. The van der Waals surface area contributed by atoms with Gasteiger partial charge in [0.15, 0.2) is 0 Å². The quantitative estimate of drug-likeness (QED) is 0.616. The maximum Gasteiger partial charge on any atom is 0.304 e. The monoisotopic (exact) mass is 194 g/mol. The maximum atomic E-state index is 11.4. The lowest BCUT2D eigenvalue weighted by molar-refractivity contribution is -0.128. The number of carbonyl (C=O) groups is 2. The van der Waals surface area contributed by atoms with E-state index in [4.69, 9.17) is 4.42 Å². The second-order valence-corrected chi connectivity index (χ2v) is 3.26. The van der Waals surface area contributed by atoms with Gasteiger partial charge in [-0.05, 0) is 6.92 Å². The van der Waals surface area contributed by atoms with Crippen molar-refractivity contribution in [2.24, 2.45) is 0 Å². The summed E-state index contributed by atoms with van der Waals surface area (Å²) in [6.45, 7) is 2.13. The molecule has 0 saturated carbocycles. The molecule has 1 aliphatic heterocycles. The topological polar surface area (TPSA) is 63.4 Å². The Morgan fingerprint density at radius 1 is 1.50 bits per heavy atom. The Balaban J connectivity index is 2.19. The summed E-state index contributed by atoms with van der Waals surface area (Å²) in [5.41, 5.74) is 0. The summed E-state index contributed by atoms with van der Waals surface area (Å²) in [6, 6.07) is 0.292. The molecule has 0 atom stereocenters. The van der Waals surface area contributed by atoms with E-state index in [1.165, 1.54) is 4.90 Å². The molecule has 0 aromatic carbocycles. The molecule has 5 nitrogen and oxygen atoms in total. The first-order chi connectivity index (χ1) is 6.66. The van der Waals surface area contributed by atoms with E-state index in [2.05, 4.69) is 4.98 Å². The highest BCUT2D eigenvalue weighted by Crippen LogP contribution is 2.18. The van der Waals surface area contributed by atoms with Gasteiger partial charge in [-0.15, -0.1) is 0 Å². The van der Waals surface area contributed by atoms with Gasteiger partial charge in [-0.1, -0.05) is 0 Å². The normalized spacial score (nSPS) is 17.6. The zero-order valence-electron chi connectivity index (χ0n) is 7.82. The SMILES string of the molecule is Cc1cnc(N2CCC(=O)CC2=O)o1. The third-order valence-corrected chi connectivity index (χ3v) is 2.10. The van der Waals surface area contributed by atoms with Crippen LogP contribution >= 0.6 is 0 Å². The molecular weight excluding hydrogens is 184 g/mol. The summed E-state index contributed by atoms with van der Waals surface area (Å²) < 4.78 is 5.21. The lowest BCUT2D eigenvalue weighted by atomic mass is 10.1. The summed E-state index contributed by atoms with van der Waals surface area (Å²) in [5, 5.41) is 0. The second-order valence-electron chi connectivity index (χ2n) is 3.26. The van der Waals surface area contributed by atoms with E-state index < -0.39 is 0 Å². The molecule has 74 valence electrons. The van der Waals surface area contributed by atoms with Gasteiger partial charge in [0.25, 0.3) is 0 Å². The van der Waals surface area contributed by atoms with Crippen LogP contribution in [0.5, 0.6) is 0 Å². The number of anilines is 1. The van der Waals surface area contributed by atoms with E-state index in [9.17, 15) is 9.59 Å². The van der Waals surface area contributed by atoms with Crippen molar-refractivity contribution in [3.05, 3.63) is 12.0 Å². The molecule has 0 aliphatic carbocycles. The van der Waals surface area contributed by atoms with Gasteiger partial charge in [0.2, 0.25) is 5.91 Å². The smallest absolute Gasteiger partial charge is 0.304 e. The molecule has 0 radical (unpaired) electrons. The largest absolute Gasteiger partial charge is 0.429 e. The number of aryl methyl sites for hydroxylation is 1. The van der Waals surface area contributed by atoms with Crippen LogP contribution in [0.4, 0.5) is 6.01 Å². The zero-order valence-corrected chi connectivity index (χ0v) is 7.82. The fourth-order valence-electron chi connectivity index (χ4n) is 1.38. The third kappa shape index (κ3) is 1.53. The van der Waals surface area contributed by atoms with Crippen molar-refractivity contribution in [1.29, 1.82) is 0 Å². The first-order valence-electron chi connectivity index (χ1n) is 4.41. The number of carbonyl (C=O) groups excluding carboxylic acids is 2. The summed E-state index contributed by atoms with van der Waals surface area (Å²) in [4.78, 5) is 27.7. The summed E-state index contributed by atoms with van der Waals surface area (Å²) in [6.07, 6.45) is 1.90. The number of Topliss-reactive ketones (excluding diaryl/α,β-unsaturated/α-hetero) is 1. The first kappa shape index (κ1) is 8.93. The molecule has 1 aliphatic rings. The van der Waals surface area contributed by atoms with Crippen molar-refractivity contribution >= 4 is 17.7 Å². The highest BCUT2D eigenvalue weighted by Gasteiger charge is 2.27. The fraction of sp³-hybridized carbons (Fsp3) is 0.444. The van der Waals surface area contributed by atoms with Gasteiger partial charge in [0.05, 0.1) is 12.6 Å². The molecule has 0 spiro atoms. The maximum absolute atomic E-state index is 11.4. The van der Waals surface area contributed by atoms with Crippen LogP contribution in [-0.4, -0.2) is 23.2 Å². The van der Waals surface area contributed by atoms with Crippen LogP contribution in [0, 0.1) is 6.92 Å². The zero-order chi connectivity index (χ0) is 10.1. The van der Waals surface area contributed by atoms with E-state index >= 15 is 0 Å². The van der Waals surface area contributed by atoms with Crippen LogP contribution in [-0.2, 0) is 9.59 Å². The third-order valence-electron chi connectivity index (χ3n) is 2.10. The number of rotatable bonds is 1. The lowest BCUT2D eigenvalue weighted by Crippen LogP contribution is -2.39. The molecule has 1 fully saturated rings. The van der Waals surface area contributed by atoms with Crippen LogP contribution in [0.2, 0.25) is 0 Å². The highest BCUT2D eigenvalue weighted by molar-refractivity contribution is 6.07.